The molecule has 1 aromatic carbocycles. The van der Waals surface area contributed by atoms with Crippen molar-refractivity contribution in [3.63, 3.8) is 0 Å². The highest BCUT2D eigenvalue weighted by Crippen LogP contribution is 2.25. The van der Waals surface area contributed by atoms with E-state index in [4.69, 9.17) is 0 Å². The zero-order chi connectivity index (χ0) is 12.3. The van der Waals surface area contributed by atoms with Crippen LogP contribution in [0, 0.1) is 6.92 Å². The van der Waals surface area contributed by atoms with Crippen molar-refractivity contribution in [2.75, 3.05) is 24.6 Å². The molecule has 4 heteroatoms. The van der Waals surface area contributed by atoms with Gasteiger partial charge in [0, 0.05) is 24.6 Å². The first-order valence-electron chi connectivity index (χ1n) is 5.79. The quantitative estimate of drug-likeness (QED) is 0.894. The molecule has 0 amide bonds. The van der Waals surface area contributed by atoms with Gasteiger partial charge >= 0.3 is 5.97 Å². The standard InChI is InChI=1S/C13H17NO2S/c1-10-3-2-4-11(9-10)12(13(15)16)14-5-7-17-8-6-14/h2-4,9,12H,5-8H2,1H3,(H,15,16). The summed E-state index contributed by atoms with van der Waals surface area (Å²) in [5.74, 6) is 1.30. The van der Waals surface area contributed by atoms with E-state index < -0.39 is 12.0 Å². The van der Waals surface area contributed by atoms with Crippen LogP contribution in [-0.4, -0.2) is 40.6 Å². The van der Waals surface area contributed by atoms with Gasteiger partial charge in [-0.05, 0) is 12.5 Å². The van der Waals surface area contributed by atoms with E-state index in [1.54, 1.807) is 0 Å². The lowest BCUT2D eigenvalue weighted by atomic mass is 10.0. The lowest BCUT2D eigenvalue weighted by Crippen LogP contribution is -2.39. The number of carbonyl (C=O) groups is 1. The largest absolute Gasteiger partial charge is 0.480 e. The summed E-state index contributed by atoms with van der Waals surface area (Å²) in [5.41, 5.74) is 2.00. The molecule has 1 aromatic rings. The first kappa shape index (κ1) is 12.5. The van der Waals surface area contributed by atoms with Gasteiger partial charge in [-0.25, -0.2) is 0 Å². The molecule has 92 valence electrons. The summed E-state index contributed by atoms with van der Waals surface area (Å²) in [6, 6.07) is 7.32. The number of hydrogen-bond acceptors (Lipinski definition) is 3. The maximum Gasteiger partial charge on any atom is 0.325 e. The van der Waals surface area contributed by atoms with Crippen LogP contribution in [0.3, 0.4) is 0 Å². The third kappa shape index (κ3) is 3.01. The SMILES string of the molecule is Cc1cccc(C(C(=O)O)N2CCSCC2)c1. The predicted molar refractivity (Wildman–Crippen MR) is 70.5 cm³/mol. The van der Waals surface area contributed by atoms with E-state index in [2.05, 4.69) is 4.90 Å². The Morgan fingerprint density at radius 2 is 2.12 bits per heavy atom. The second-order valence-corrected chi connectivity index (χ2v) is 5.53. The summed E-state index contributed by atoms with van der Waals surface area (Å²) >= 11 is 1.89. The second-order valence-electron chi connectivity index (χ2n) is 4.30. The van der Waals surface area contributed by atoms with Crippen molar-refractivity contribution >= 4 is 17.7 Å². The summed E-state index contributed by atoms with van der Waals surface area (Å²) in [5, 5.41) is 9.42. The summed E-state index contributed by atoms with van der Waals surface area (Å²) in [6.45, 7) is 3.71. The topological polar surface area (TPSA) is 40.5 Å². The molecule has 0 radical (unpaired) electrons. The Hall–Kier alpha value is -1.00. The predicted octanol–water partition coefficient (Wildman–Crippen LogP) is 2.17. The minimum absolute atomic E-state index is 0.490. The van der Waals surface area contributed by atoms with E-state index in [0.29, 0.717) is 0 Å². The van der Waals surface area contributed by atoms with E-state index in [9.17, 15) is 9.90 Å². The average molecular weight is 251 g/mol. The molecule has 0 spiro atoms. The third-order valence-corrected chi connectivity index (χ3v) is 3.95. The fourth-order valence-electron chi connectivity index (χ4n) is 2.19. The zero-order valence-corrected chi connectivity index (χ0v) is 10.7. The Bertz CT molecular complexity index is 402. The van der Waals surface area contributed by atoms with E-state index in [-0.39, 0.29) is 0 Å². The zero-order valence-electron chi connectivity index (χ0n) is 9.93. The molecule has 0 saturated carbocycles. The summed E-state index contributed by atoms with van der Waals surface area (Å²) < 4.78 is 0. The molecule has 1 N–H and O–H groups in total. The first-order chi connectivity index (χ1) is 8.18. The van der Waals surface area contributed by atoms with Gasteiger partial charge in [0.25, 0.3) is 0 Å². The van der Waals surface area contributed by atoms with Crippen LogP contribution in [0.15, 0.2) is 24.3 Å². The van der Waals surface area contributed by atoms with Gasteiger partial charge in [0.1, 0.15) is 6.04 Å². The van der Waals surface area contributed by atoms with Crippen LogP contribution >= 0.6 is 11.8 Å². The first-order valence-corrected chi connectivity index (χ1v) is 6.95. The fraction of sp³-hybridized carbons (Fsp3) is 0.462. The van der Waals surface area contributed by atoms with Crippen LogP contribution in [0.5, 0.6) is 0 Å². The number of aryl methyl sites for hydroxylation is 1. The van der Waals surface area contributed by atoms with Crippen molar-refractivity contribution in [1.82, 2.24) is 4.90 Å². The molecule has 1 atom stereocenters. The minimum Gasteiger partial charge on any atom is -0.480 e. The number of carboxylic acids is 1. The average Bonchev–Trinajstić information content (AvgIpc) is 2.30. The molecule has 17 heavy (non-hydrogen) atoms. The van der Waals surface area contributed by atoms with Gasteiger partial charge in [0.15, 0.2) is 0 Å². The highest BCUT2D eigenvalue weighted by atomic mass is 32.2. The minimum atomic E-state index is -0.748. The highest BCUT2D eigenvalue weighted by molar-refractivity contribution is 7.99. The Morgan fingerprint density at radius 1 is 1.41 bits per heavy atom. The molecule has 2 rings (SSSR count). The smallest absolute Gasteiger partial charge is 0.325 e. The van der Waals surface area contributed by atoms with Crippen LogP contribution in [-0.2, 0) is 4.79 Å². The van der Waals surface area contributed by atoms with Gasteiger partial charge in [0.05, 0.1) is 0 Å². The van der Waals surface area contributed by atoms with Crippen LogP contribution < -0.4 is 0 Å². The Labute approximate surface area is 106 Å². The van der Waals surface area contributed by atoms with Crippen LogP contribution in [0.25, 0.3) is 0 Å². The Morgan fingerprint density at radius 3 is 2.71 bits per heavy atom. The molecule has 0 aromatic heterocycles. The molecule has 3 nitrogen and oxygen atoms in total. The van der Waals surface area contributed by atoms with E-state index >= 15 is 0 Å². The second kappa shape index (κ2) is 5.56. The van der Waals surface area contributed by atoms with E-state index in [1.165, 1.54) is 0 Å². The Balaban J connectivity index is 2.25. The number of benzene rings is 1. The van der Waals surface area contributed by atoms with Crippen molar-refractivity contribution in [3.8, 4) is 0 Å². The van der Waals surface area contributed by atoms with Gasteiger partial charge in [-0.3, -0.25) is 9.69 Å². The monoisotopic (exact) mass is 251 g/mol. The maximum absolute atomic E-state index is 11.5. The van der Waals surface area contributed by atoms with Crippen molar-refractivity contribution in [1.29, 1.82) is 0 Å². The number of nitrogens with zero attached hydrogens (tertiary/aromatic N) is 1. The number of rotatable bonds is 3. The molecular formula is C13H17NO2S. The van der Waals surface area contributed by atoms with Gasteiger partial charge in [0.2, 0.25) is 0 Å². The molecule has 0 bridgehead atoms. The molecule has 1 saturated heterocycles. The van der Waals surface area contributed by atoms with Gasteiger partial charge in [-0.2, -0.15) is 11.8 Å². The summed E-state index contributed by atoms with van der Waals surface area (Å²) in [4.78, 5) is 13.5. The van der Waals surface area contributed by atoms with Crippen molar-refractivity contribution in [2.45, 2.75) is 13.0 Å². The Kier molecular flexibility index (Phi) is 4.07. The van der Waals surface area contributed by atoms with Crippen LogP contribution in [0.4, 0.5) is 0 Å². The van der Waals surface area contributed by atoms with Gasteiger partial charge < -0.3 is 5.11 Å². The molecular weight excluding hydrogens is 234 g/mol. The number of hydrogen-bond donors (Lipinski definition) is 1. The molecule has 1 fully saturated rings. The molecule has 0 aliphatic carbocycles. The van der Waals surface area contributed by atoms with Crippen LogP contribution in [0.2, 0.25) is 0 Å². The van der Waals surface area contributed by atoms with Crippen molar-refractivity contribution in [3.05, 3.63) is 35.4 Å². The molecule has 1 aliphatic rings. The van der Waals surface area contributed by atoms with E-state index in [1.807, 2.05) is 43.0 Å². The lowest BCUT2D eigenvalue weighted by Gasteiger charge is -2.32. The molecule has 1 aliphatic heterocycles. The van der Waals surface area contributed by atoms with Crippen LogP contribution in [0.1, 0.15) is 17.2 Å². The van der Waals surface area contributed by atoms with E-state index in [0.717, 1.165) is 35.7 Å². The van der Waals surface area contributed by atoms with Gasteiger partial charge in [-0.15, -0.1) is 0 Å². The molecule has 1 unspecified atom stereocenters. The van der Waals surface area contributed by atoms with Crippen molar-refractivity contribution < 1.29 is 9.90 Å². The maximum atomic E-state index is 11.5. The highest BCUT2D eigenvalue weighted by Gasteiger charge is 2.28. The number of thioether (sulfide) groups is 1. The van der Waals surface area contributed by atoms with Crippen molar-refractivity contribution in [2.24, 2.45) is 0 Å². The normalized spacial score (nSPS) is 18.9. The summed E-state index contributed by atoms with van der Waals surface area (Å²) in [7, 11) is 0. The third-order valence-electron chi connectivity index (χ3n) is 3.00. The molecule has 1 heterocycles. The number of aliphatic carboxylic acids is 1. The summed E-state index contributed by atoms with van der Waals surface area (Å²) in [6.07, 6.45) is 0. The fourth-order valence-corrected chi connectivity index (χ4v) is 3.12. The van der Waals surface area contributed by atoms with Gasteiger partial charge in [-0.1, -0.05) is 29.8 Å². The number of carboxylic acid groups (broad SMARTS) is 1. The lowest BCUT2D eigenvalue weighted by molar-refractivity contribution is -0.143.